The molecule has 0 aliphatic carbocycles. The van der Waals surface area contributed by atoms with Crippen molar-refractivity contribution in [3.05, 3.63) is 0 Å². The van der Waals surface area contributed by atoms with Gasteiger partial charge >= 0.3 is 0 Å². The van der Waals surface area contributed by atoms with Crippen molar-refractivity contribution in [1.29, 1.82) is 0 Å². The number of amides is 1. The number of hydrogen-bond acceptors (Lipinski definition) is 3. The van der Waals surface area contributed by atoms with Gasteiger partial charge in [-0.05, 0) is 32.1 Å². The van der Waals surface area contributed by atoms with Crippen LogP contribution in [-0.2, 0) is 9.53 Å². The molecule has 0 aromatic heterocycles. The van der Waals surface area contributed by atoms with E-state index in [1.165, 1.54) is 6.42 Å². The van der Waals surface area contributed by atoms with Gasteiger partial charge in [0.05, 0.1) is 12.5 Å². The quantitative estimate of drug-likeness (QED) is 0.835. The molecule has 2 saturated heterocycles. The summed E-state index contributed by atoms with van der Waals surface area (Å²) in [5, 5.41) is 0. The fourth-order valence-electron chi connectivity index (χ4n) is 2.69. The smallest absolute Gasteiger partial charge is 0.225 e. The molecule has 2 N–H and O–H groups in total. The van der Waals surface area contributed by atoms with Crippen LogP contribution in [0.1, 0.15) is 38.5 Å². The van der Waals surface area contributed by atoms with E-state index in [1.54, 1.807) is 0 Å². The van der Waals surface area contributed by atoms with Gasteiger partial charge in [-0.3, -0.25) is 4.79 Å². The van der Waals surface area contributed by atoms with E-state index in [0.29, 0.717) is 13.0 Å². The fraction of sp³-hybridized carbons (Fsp3) is 0.917. The van der Waals surface area contributed by atoms with Crippen molar-refractivity contribution < 1.29 is 9.53 Å². The molecule has 1 amide bonds. The van der Waals surface area contributed by atoms with Crippen molar-refractivity contribution in [2.24, 2.45) is 5.73 Å². The number of nitrogens with two attached hydrogens (primary N) is 1. The lowest BCUT2D eigenvalue weighted by molar-refractivity contribution is -0.135. The van der Waals surface area contributed by atoms with Gasteiger partial charge in [0, 0.05) is 25.7 Å². The third-order valence-electron chi connectivity index (χ3n) is 3.65. The molecule has 0 aromatic rings. The summed E-state index contributed by atoms with van der Waals surface area (Å²) in [5.74, 6) is 0.236. The lowest BCUT2D eigenvalue weighted by Crippen LogP contribution is -2.41. The Morgan fingerprint density at radius 1 is 1.29 bits per heavy atom. The van der Waals surface area contributed by atoms with Crippen molar-refractivity contribution in [3.8, 4) is 0 Å². The van der Waals surface area contributed by atoms with Crippen LogP contribution in [0.4, 0.5) is 0 Å². The lowest BCUT2D eigenvalue weighted by atomic mass is 10.1. The second-order valence-corrected chi connectivity index (χ2v) is 4.81. The zero-order chi connectivity index (χ0) is 11.4. The Labute approximate surface area is 109 Å². The van der Waals surface area contributed by atoms with Gasteiger partial charge < -0.3 is 15.4 Å². The minimum atomic E-state index is 0. The summed E-state index contributed by atoms with van der Waals surface area (Å²) in [4.78, 5) is 14.0. The monoisotopic (exact) mass is 262 g/mol. The highest BCUT2D eigenvalue weighted by Gasteiger charge is 2.29. The Bertz CT molecular complexity index is 245. The first kappa shape index (κ1) is 14.7. The number of ether oxygens (including phenoxy) is 1. The Morgan fingerprint density at radius 2 is 2.12 bits per heavy atom. The predicted molar refractivity (Wildman–Crippen MR) is 69.2 cm³/mol. The van der Waals surface area contributed by atoms with E-state index in [9.17, 15) is 4.79 Å². The second kappa shape index (κ2) is 7.19. The van der Waals surface area contributed by atoms with Gasteiger partial charge in [-0.2, -0.15) is 0 Å². The third kappa shape index (κ3) is 3.83. The first-order valence-corrected chi connectivity index (χ1v) is 6.42. The highest BCUT2D eigenvalue weighted by atomic mass is 35.5. The summed E-state index contributed by atoms with van der Waals surface area (Å²) in [6, 6.07) is 0.274. The van der Waals surface area contributed by atoms with Crippen molar-refractivity contribution in [2.45, 2.75) is 50.7 Å². The molecule has 2 fully saturated rings. The zero-order valence-electron chi connectivity index (χ0n) is 10.3. The molecule has 2 aliphatic heterocycles. The Morgan fingerprint density at radius 3 is 2.76 bits per heavy atom. The van der Waals surface area contributed by atoms with Crippen molar-refractivity contribution in [2.75, 3.05) is 19.7 Å². The van der Waals surface area contributed by atoms with Crippen molar-refractivity contribution in [1.82, 2.24) is 4.90 Å². The van der Waals surface area contributed by atoms with Crippen LogP contribution in [0.15, 0.2) is 0 Å². The summed E-state index contributed by atoms with van der Waals surface area (Å²) >= 11 is 0. The first-order chi connectivity index (χ1) is 7.81. The molecule has 17 heavy (non-hydrogen) atoms. The van der Waals surface area contributed by atoms with Gasteiger partial charge in [0.25, 0.3) is 0 Å². The maximum absolute atomic E-state index is 12.1. The van der Waals surface area contributed by atoms with Gasteiger partial charge in [-0.15, -0.1) is 12.4 Å². The number of halogens is 1. The molecule has 2 atom stereocenters. The highest BCUT2D eigenvalue weighted by molar-refractivity contribution is 5.85. The Balaban J connectivity index is 0.00000144. The second-order valence-electron chi connectivity index (χ2n) is 4.81. The summed E-state index contributed by atoms with van der Waals surface area (Å²) in [6.45, 7) is 2.29. The van der Waals surface area contributed by atoms with Gasteiger partial charge in [0.1, 0.15) is 0 Å². The van der Waals surface area contributed by atoms with E-state index in [2.05, 4.69) is 0 Å². The van der Waals surface area contributed by atoms with Crippen LogP contribution < -0.4 is 5.73 Å². The maximum atomic E-state index is 12.1. The highest BCUT2D eigenvalue weighted by Crippen LogP contribution is 2.21. The average Bonchev–Trinajstić information content (AvgIpc) is 2.78. The van der Waals surface area contributed by atoms with Crippen LogP contribution in [-0.4, -0.2) is 42.6 Å². The molecule has 5 heteroatoms. The molecule has 2 heterocycles. The van der Waals surface area contributed by atoms with Gasteiger partial charge in [0.15, 0.2) is 0 Å². The summed E-state index contributed by atoms with van der Waals surface area (Å²) < 4.78 is 5.60. The maximum Gasteiger partial charge on any atom is 0.225 e. The SMILES string of the molecule is Cl.NCC1CCCN1C(=O)CC1CCCCO1. The van der Waals surface area contributed by atoms with E-state index in [0.717, 1.165) is 38.8 Å². The topological polar surface area (TPSA) is 55.6 Å². The number of hydrogen-bond donors (Lipinski definition) is 1. The summed E-state index contributed by atoms with van der Waals surface area (Å²) in [6.07, 6.45) is 6.23. The largest absolute Gasteiger partial charge is 0.378 e. The van der Waals surface area contributed by atoms with Crippen LogP contribution >= 0.6 is 12.4 Å². The lowest BCUT2D eigenvalue weighted by Gasteiger charge is -2.27. The molecular weight excluding hydrogens is 240 g/mol. The number of nitrogens with zero attached hydrogens (tertiary/aromatic N) is 1. The minimum absolute atomic E-state index is 0. The van der Waals surface area contributed by atoms with E-state index in [1.807, 2.05) is 4.90 Å². The Kier molecular flexibility index (Phi) is 6.23. The molecular formula is C12H23ClN2O2. The van der Waals surface area contributed by atoms with Crippen LogP contribution in [0.25, 0.3) is 0 Å². The van der Waals surface area contributed by atoms with Gasteiger partial charge in [-0.1, -0.05) is 0 Å². The zero-order valence-corrected chi connectivity index (χ0v) is 11.1. The molecule has 0 spiro atoms. The molecule has 0 aromatic carbocycles. The summed E-state index contributed by atoms with van der Waals surface area (Å²) in [7, 11) is 0. The fourth-order valence-corrected chi connectivity index (χ4v) is 2.69. The Hall–Kier alpha value is -0.320. The molecule has 2 rings (SSSR count). The third-order valence-corrected chi connectivity index (χ3v) is 3.65. The van der Waals surface area contributed by atoms with E-state index in [-0.39, 0.29) is 30.5 Å². The van der Waals surface area contributed by atoms with Crippen LogP contribution in [0.3, 0.4) is 0 Å². The average molecular weight is 263 g/mol. The van der Waals surface area contributed by atoms with E-state index in [4.69, 9.17) is 10.5 Å². The number of rotatable bonds is 3. The molecule has 4 nitrogen and oxygen atoms in total. The van der Waals surface area contributed by atoms with E-state index < -0.39 is 0 Å². The molecule has 0 saturated carbocycles. The van der Waals surface area contributed by atoms with Gasteiger partial charge in [0.2, 0.25) is 5.91 Å². The molecule has 2 aliphatic rings. The number of carbonyl (C=O) groups is 1. The van der Waals surface area contributed by atoms with E-state index >= 15 is 0 Å². The molecule has 0 bridgehead atoms. The van der Waals surface area contributed by atoms with Gasteiger partial charge in [-0.25, -0.2) is 0 Å². The van der Waals surface area contributed by atoms with Crippen molar-refractivity contribution in [3.63, 3.8) is 0 Å². The molecule has 2 unspecified atom stereocenters. The summed E-state index contributed by atoms with van der Waals surface area (Å²) in [5.41, 5.74) is 5.67. The van der Waals surface area contributed by atoms with Crippen molar-refractivity contribution >= 4 is 18.3 Å². The molecule has 0 radical (unpaired) electrons. The minimum Gasteiger partial charge on any atom is -0.378 e. The molecule has 100 valence electrons. The van der Waals surface area contributed by atoms with Crippen LogP contribution in [0, 0.1) is 0 Å². The normalized spacial score (nSPS) is 28.9. The van der Waals surface area contributed by atoms with Crippen LogP contribution in [0.2, 0.25) is 0 Å². The number of likely N-dealkylation sites (tertiary alicyclic amines) is 1. The number of carbonyl (C=O) groups excluding carboxylic acids is 1. The standard InChI is InChI=1S/C12H22N2O2.ClH/c13-9-10-4-3-6-14(10)12(15)8-11-5-1-2-7-16-11;/h10-11H,1-9,13H2;1H. The predicted octanol–water partition coefficient (Wildman–Crippen LogP) is 1.32. The first-order valence-electron chi connectivity index (χ1n) is 6.42. The van der Waals surface area contributed by atoms with Crippen LogP contribution in [0.5, 0.6) is 0 Å².